The summed E-state index contributed by atoms with van der Waals surface area (Å²) in [7, 11) is 1.65. The zero-order valence-electron chi connectivity index (χ0n) is 14.5. The molecule has 5 nitrogen and oxygen atoms in total. The summed E-state index contributed by atoms with van der Waals surface area (Å²) in [4.78, 5) is 15.1. The molecule has 3 aromatic rings. The third-order valence-corrected chi connectivity index (χ3v) is 4.10. The first-order chi connectivity index (χ1) is 12.2. The van der Waals surface area contributed by atoms with E-state index < -0.39 is 0 Å². The number of H-pyrrole nitrogens is 1. The van der Waals surface area contributed by atoms with Gasteiger partial charge in [-0.15, -0.1) is 0 Å². The van der Waals surface area contributed by atoms with Crippen molar-refractivity contribution in [2.45, 2.75) is 19.8 Å². The Morgan fingerprint density at radius 2 is 2.20 bits per heavy atom. The van der Waals surface area contributed by atoms with Crippen molar-refractivity contribution in [2.75, 3.05) is 13.7 Å². The molecule has 0 saturated heterocycles. The number of hydrogen-bond donors (Lipinski definition) is 2. The lowest BCUT2D eigenvalue weighted by Gasteiger charge is -2.03. The van der Waals surface area contributed by atoms with E-state index in [9.17, 15) is 4.79 Å². The van der Waals surface area contributed by atoms with Crippen LogP contribution < -0.4 is 10.1 Å². The number of furan rings is 1. The van der Waals surface area contributed by atoms with Crippen molar-refractivity contribution in [3.05, 3.63) is 59.7 Å². The lowest BCUT2D eigenvalue weighted by Crippen LogP contribution is -2.23. The van der Waals surface area contributed by atoms with Crippen LogP contribution >= 0.6 is 0 Å². The molecule has 0 fully saturated rings. The number of ether oxygens (including phenoxy) is 1. The fourth-order valence-corrected chi connectivity index (χ4v) is 2.71. The zero-order chi connectivity index (χ0) is 17.6. The summed E-state index contributed by atoms with van der Waals surface area (Å²) >= 11 is 0. The highest BCUT2D eigenvalue weighted by Crippen LogP contribution is 2.23. The van der Waals surface area contributed by atoms with Gasteiger partial charge in [0.05, 0.1) is 7.11 Å². The van der Waals surface area contributed by atoms with Crippen molar-refractivity contribution in [2.24, 2.45) is 0 Å². The molecule has 25 heavy (non-hydrogen) atoms. The summed E-state index contributed by atoms with van der Waals surface area (Å²) in [6.45, 7) is 2.60. The van der Waals surface area contributed by atoms with Gasteiger partial charge < -0.3 is 19.5 Å². The molecular weight excluding hydrogens is 316 g/mol. The lowest BCUT2D eigenvalue weighted by atomic mass is 10.1. The molecule has 3 rings (SSSR count). The van der Waals surface area contributed by atoms with Gasteiger partial charge >= 0.3 is 0 Å². The van der Waals surface area contributed by atoms with E-state index in [1.54, 1.807) is 13.2 Å². The van der Waals surface area contributed by atoms with Crippen LogP contribution in [0.1, 0.15) is 24.0 Å². The maximum absolute atomic E-state index is 11.9. The quantitative estimate of drug-likeness (QED) is 0.646. The van der Waals surface area contributed by atoms with Crippen molar-refractivity contribution in [3.63, 3.8) is 0 Å². The summed E-state index contributed by atoms with van der Waals surface area (Å²) in [5.74, 6) is 2.30. The number of aromatic nitrogens is 1. The molecule has 0 aliphatic carbocycles. The van der Waals surface area contributed by atoms with E-state index in [1.807, 2.05) is 43.5 Å². The van der Waals surface area contributed by atoms with Crippen LogP contribution in [0, 0.1) is 0 Å². The highest BCUT2D eigenvalue weighted by atomic mass is 16.5. The summed E-state index contributed by atoms with van der Waals surface area (Å²) in [6.07, 6.45) is 6.76. The number of aryl methyl sites for hydroxylation is 1. The normalized spacial score (nSPS) is 11.3. The van der Waals surface area contributed by atoms with Crippen LogP contribution in [-0.2, 0) is 17.6 Å². The summed E-state index contributed by atoms with van der Waals surface area (Å²) < 4.78 is 10.8. The van der Waals surface area contributed by atoms with Gasteiger partial charge in [-0.3, -0.25) is 4.79 Å². The third-order valence-electron chi connectivity index (χ3n) is 4.10. The maximum Gasteiger partial charge on any atom is 0.244 e. The Hall–Kier alpha value is -2.95. The highest BCUT2D eigenvalue weighted by molar-refractivity contribution is 5.91. The molecule has 2 heterocycles. The first-order valence-corrected chi connectivity index (χ1v) is 8.38. The number of rotatable bonds is 7. The van der Waals surface area contributed by atoms with Gasteiger partial charge in [0, 0.05) is 42.2 Å². The summed E-state index contributed by atoms with van der Waals surface area (Å²) in [5, 5.41) is 4.04. The van der Waals surface area contributed by atoms with Crippen LogP contribution in [0.5, 0.6) is 5.75 Å². The molecule has 1 amide bonds. The van der Waals surface area contributed by atoms with E-state index >= 15 is 0 Å². The first-order valence-electron chi connectivity index (χ1n) is 8.38. The molecule has 0 saturated carbocycles. The Kier molecular flexibility index (Phi) is 5.23. The van der Waals surface area contributed by atoms with Crippen LogP contribution in [0.3, 0.4) is 0 Å². The van der Waals surface area contributed by atoms with Crippen LogP contribution in [0.15, 0.2) is 47.0 Å². The number of nitrogens with one attached hydrogen (secondary N) is 2. The molecule has 0 unspecified atom stereocenters. The van der Waals surface area contributed by atoms with Crippen LogP contribution in [0.25, 0.3) is 17.0 Å². The second kappa shape index (κ2) is 7.75. The second-order valence-electron chi connectivity index (χ2n) is 5.76. The zero-order valence-corrected chi connectivity index (χ0v) is 14.5. The minimum Gasteiger partial charge on any atom is -0.497 e. The van der Waals surface area contributed by atoms with Crippen molar-refractivity contribution in [1.29, 1.82) is 0 Å². The van der Waals surface area contributed by atoms with E-state index in [4.69, 9.17) is 9.15 Å². The smallest absolute Gasteiger partial charge is 0.244 e. The molecule has 0 aliphatic rings. The number of carbonyl (C=O) groups excluding carboxylic acids is 1. The molecule has 0 radical (unpaired) electrons. The van der Waals surface area contributed by atoms with E-state index in [0.717, 1.165) is 35.3 Å². The Bertz CT molecular complexity index is 889. The average Bonchev–Trinajstić information content (AvgIpc) is 3.26. The predicted molar refractivity (Wildman–Crippen MR) is 98.7 cm³/mol. The molecule has 1 aromatic carbocycles. The molecule has 0 aliphatic heterocycles. The Morgan fingerprint density at radius 3 is 2.96 bits per heavy atom. The Balaban J connectivity index is 1.53. The first kappa shape index (κ1) is 16.9. The second-order valence-corrected chi connectivity index (χ2v) is 5.76. The number of amides is 1. The highest BCUT2D eigenvalue weighted by Gasteiger charge is 2.05. The van der Waals surface area contributed by atoms with Gasteiger partial charge in [0.2, 0.25) is 5.91 Å². The number of aromatic amines is 1. The maximum atomic E-state index is 11.9. The molecule has 0 spiro atoms. The molecule has 2 aromatic heterocycles. The fourth-order valence-electron chi connectivity index (χ4n) is 2.71. The number of hydrogen-bond acceptors (Lipinski definition) is 3. The molecule has 5 heteroatoms. The van der Waals surface area contributed by atoms with E-state index in [-0.39, 0.29) is 5.91 Å². The van der Waals surface area contributed by atoms with Gasteiger partial charge in [-0.2, -0.15) is 0 Å². The van der Waals surface area contributed by atoms with Gasteiger partial charge in [-0.25, -0.2) is 0 Å². The third kappa shape index (κ3) is 4.12. The van der Waals surface area contributed by atoms with Crippen molar-refractivity contribution in [1.82, 2.24) is 10.3 Å². The topological polar surface area (TPSA) is 67.3 Å². The summed E-state index contributed by atoms with van der Waals surface area (Å²) in [6, 6.07) is 9.72. The standard InChI is InChI=1S/C20H22N2O3/c1-3-15-4-5-16(25-15)7-9-20(23)21-11-10-14-13-22-19-12-17(24-2)6-8-18(14)19/h4-9,12-13,22H,3,10-11H2,1-2H3,(H,21,23). The molecule has 130 valence electrons. The van der Waals surface area contributed by atoms with Gasteiger partial charge in [0.15, 0.2) is 0 Å². The van der Waals surface area contributed by atoms with E-state index in [2.05, 4.69) is 10.3 Å². The predicted octanol–water partition coefficient (Wildman–Crippen LogP) is 3.70. The van der Waals surface area contributed by atoms with Crippen LogP contribution in [0.2, 0.25) is 0 Å². The minimum atomic E-state index is -0.129. The van der Waals surface area contributed by atoms with Gasteiger partial charge in [-0.1, -0.05) is 6.92 Å². The number of carbonyl (C=O) groups is 1. The van der Waals surface area contributed by atoms with Gasteiger partial charge in [0.1, 0.15) is 17.3 Å². The van der Waals surface area contributed by atoms with Crippen molar-refractivity contribution < 1.29 is 13.9 Å². The minimum absolute atomic E-state index is 0.129. The molecule has 2 N–H and O–H groups in total. The number of fused-ring (bicyclic) bond motifs is 1. The van der Waals surface area contributed by atoms with Crippen LogP contribution in [0.4, 0.5) is 0 Å². The molecule has 0 atom stereocenters. The van der Waals surface area contributed by atoms with Crippen molar-refractivity contribution >= 4 is 22.9 Å². The number of benzene rings is 1. The van der Waals surface area contributed by atoms with Crippen molar-refractivity contribution in [3.8, 4) is 5.75 Å². The largest absolute Gasteiger partial charge is 0.497 e. The van der Waals surface area contributed by atoms with E-state index in [1.165, 1.54) is 11.6 Å². The van der Waals surface area contributed by atoms with Crippen LogP contribution in [-0.4, -0.2) is 24.5 Å². The fraction of sp³-hybridized carbons (Fsp3) is 0.250. The Labute approximate surface area is 146 Å². The number of methoxy groups -OCH3 is 1. The lowest BCUT2D eigenvalue weighted by molar-refractivity contribution is -0.116. The average molecular weight is 338 g/mol. The Morgan fingerprint density at radius 1 is 1.32 bits per heavy atom. The summed E-state index contributed by atoms with van der Waals surface area (Å²) in [5.41, 5.74) is 2.20. The molecular formula is C20H22N2O3. The molecule has 0 bridgehead atoms. The van der Waals surface area contributed by atoms with E-state index in [0.29, 0.717) is 12.3 Å². The monoisotopic (exact) mass is 338 g/mol. The van der Waals surface area contributed by atoms with Gasteiger partial charge in [-0.05, 0) is 42.3 Å². The van der Waals surface area contributed by atoms with Gasteiger partial charge in [0.25, 0.3) is 0 Å². The SMILES string of the molecule is CCc1ccc(C=CC(=O)NCCc2c[nH]c3cc(OC)ccc23)o1.